The van der Waals surface area contributed by atoms with Gasteiger partial charge in [0.1, 0.15) is 0 Å². The molecule has 1 saturated heterocycles. The summed E-state index contributed by atoms with van der Waals surface area (Å²) in [6, 6.07) is 11.0. The van der Waals surface area contributed by atoms with Gasteiger partial charge in [-0.15, -0.1) is 0 Å². The van der Waals surface area contributed by atoms with Crippen LogP contribution in [0.15, 0.2) is 56.6 Å². The van der Waals surface area contributed by atoms with Gasteiger partial charge in [-0.1, -0.05) is 0 Å². The zero-order chi connectivity index (χ0) is 23.8. The van der Waals surface area contributed by atoms with Crippen LogP contribution < -0.4 is 16.4 Å². The molecule has 33 heavy (non-hydrogen) atoms. The molecule has 0 saturated carbocycles. The third-order valence-corrected chi connectivity index (χ3v) is 7.49. The highest BCUT2D eigenvalue weighted by Gasteiger charge is 2.33. The SMILES string of the molecule is CC(=O)Nc1ccc(NC(=O)[C@@H]2CCCN(S(=O)(=O)c3ccc4c(c3)oc(=O)n4C)C2)cc1. The van der Waals surface area contributed by atoms with Crippen molar-refractivity contribution < 1.29 is 22.4 Å². The number of carbonyl (C=O) groups is 2. The number of amides is 2. The Bertz CT molecular complexity index is 1370. The van der Waals surface area contributed by atoms with Crippen molar-refractivity contribution in [3.63, 3.8) is 0 Å². The van der Waals surface area contributed by atoms with Crippen LogP contribution >= 0.6 is 0 Å². The van der Waals surface area contributed by atoms with Crippen LogP contribution in [0.1, 0.15) is 19.8 Å². The van der Waals surface area contributed by atoms with Gasteiger partial charge in [0, 0.05) is 44.5 Å². The molecular formula is C22H24N4O6S. The molecule has 1 atom stereocenters. The fourth-order valence-electron chi connectivity index (χ4n) is 3.88. The number of aromatic nitrogens is 1. The molecule has 4 rings (SSSR count). The molecule has 2 N–H and O–H groups in total. The first-order valence-corrected chi connectivity index (χ1v) is 11.9. The van der Waals surface area contributed by atoms with E-state index in [1.165, 1.54) is 34.0 Å². The lowest BCUT2D eigenvalue weighted by Crippen LogP contribution is -2.43. The molecule has 3 aromatic rings. The van der Waals surface area contributed by atoms with Gasteiger partial charge in [-0.25, -0.2) is 13.2 Å². The van der Waals surface area contributed by atoms with E-state index in [0.717, 1.165) is 0 Å². The molecule has 1 aromatic heterocycles. The van der Waals surface area contributed by atoms with Gasteiger partial charge in [-0.2, -0.15) is 4.31 Å². The van der Waals surface area contributed by atoms with Gasteiger partial charge in [0.15, 0.2) is 5.58 Å². The number of hydrogen-bond donors (Lipinski definition) is 2. The number of rotatable bonds is 5. The number of piperidine rings is 1. The summed E-state index contributed by atoms with van der Waals surface area (Å²) in [5.74, 6) is -1.54. The first kappa shape index (κ1) is 22.7. The van der Waals surface area contributed by atoms with Crippen molar-refractivity contribution in [3.05, 3.63) is 53.0 Å². The van der Waals surface area contributed by atoms with Crippen LogP contribution in [0.4, 0.5) is 11.4 Å². The van der Waals surface area contributed by atoms with Crippen molar-refractivity contribution in [1.29, 1.82) is 0 Å². The number of aryl methyl sites for hydroxylation is 1. The van der Waals surface area contributed by atoms with Crippen LogP contribution in [-0.4, -0.2) is 42.2 Å². The van der Waals surface area contributed by atoms with Crippen LogP contribution in [0.5, 0.6) is 0 Å². The molecule has 10 nitrogen and oxygen atoms in total. The summed E-state index contributed by atoms with van der Waals surface area (Å²) in [5.41, 5.74) is 1.86. The molecule has 0 bridgehead atoms. The van der Waals surface area contributed by atoms with Crippen LogP contribution in [0.2, 0.25) is 0 Å². The van der Waals surface area contributed by atoms with E-state index in [2.05, 4.69) is 10.6 Å². The molecule has 11 heteroatoms. The maximum atomic E-state index is 13.2. The Morgan fingerprint density at radius 3 is 2.39 bits per heavy atom. The van der Waals surface area contributed by atoms with E-state index in [1.54, 1.807) is 31.3 Å². The van der Waals surface area contributed by atoms with Crippen molar-refractivity contribution >= 4 is 44.3 Å². The van der Waals surface area contributed by atoms with Gasteiger partial charge < -0.3 is 15.1 Å². The van der Waals surface area contributed by atoms with E-state index in [1.807, 2.05) is 0 Å². The number of fused-ring (bicyclic) bond motifs is 1. The lowest BCUT2D eigenvalue weighted by Gasteiger charge is -2.31. The number of carbonyl (C=O) groups excluding carboxylic acids is 2. The van der Waals surface area contributed by atoms with Gasteiger partial charge in [-0.3, -0.25) is 14.2 Å². The highest BCUT2D eigenvalue weighted by atomic mass is 32.2. The average molecular weight is 473 g/mol. The Labute approximate surface area is 190 Å². The van der Waals surface area contributed by atoms with Crippen LogP contribution in [0.25, 0.3) is 11.1 Å². The van der Waals surface area contributed by atoms with Gasteiger partial charge in [0.05, 0.1) is 16.3 Å². The van der Waals surface area contributed by atoms with Crippen molar-refractivity contribution in [2.75, 3.05) is 23.7 Å². The first-order chi connectivity index (χ1) is 15.6. The van der Waals surface area contributed by atoms with E-state index >= 15 is 0 Å². The highest BCUT2D eigenvalue weighted by Crippen LogP contribution is 2.27. The second-order valence-corrected chi connectivity index (χ2v) is 9.94. The van der Waals surface area contributed by atoms with Crippen LogP contribution in [0.3, 0.4) is 0 Å². The Morgan fingerprint density at radius 2 is 1.73 bits per heavy atom. The largest absolute Gasteiger partial charge is 0.419 e. The second kappa shape index (κ2) is 8.83. The summed E-state index contributed by atoms with van der Waals surface area (Å²) < 4.78 is 34.1. The predicted octanol–water partition coefficient (Wildman–Crippen LogP) is 2.13. The lowest BCUT2D eigenvalue weighted by atomic mass is 9.98. The van der Waals surface area contributed by atoms with Crippen LogP contribution in [-0.2, 0) is 26.7 Å². The minimum atomic E-state index is -3.87. The van der Waals surface area contributed by atoms with Crippen molar-refractivity contribution in [2.24, 2.45) is 13.0 Å². The number of hydrogen-bond acceptors (Lipinski definition) is 6. The number of benzene rings is 2. The minimum absolute atomic E-state index is 0.0129. The molecule has 2 aromatic carbocycles. The van der Waals surface area contributed by atoms with E-state index in [4.69, 9.17) is 4.42 Å². The third kappa shape index (κ3) is 4.69. The normalized spacial score (nSPS) is 17.1. The molecule has 1 fully saturated rings. The molecule has 1 aliphatic rings. The van der Waals surface area contributed by atoms with Crippen molar-refractivity contribution in [2.45, 2.75) is 24.7 Å². The predicted molar refractivity (Wildman–Crippen MR) is 122 cm³/mol. The summed E-state index contributed by atoms with van der Waals surface area (Å²) >= 11 is 0. The van der Waals surface area contributed by atoms with E-state index in [9.17, 15) is 22.8 Å². The van der Waals surface area contributed by atoms with Crippen LogP contribution in [0, 0.1) is 5.92 Å². The lowest BCUT2D eigenvalue weighted by molar-refractivity contribution is -0.121. The molecule has 0 aliphatic carbocycles. The number of oxazole rings is 1. The quantitative estimate of drug-likeness (QED) is 0.585. The van der Waals surface area contributed by atoms with Gasteiger partial charge in [0.25, 0.3) is 0 Å². The minimum Gasteiger partial charge on any atom is -0.408 e. The number of nitrogens with zero attached hydrogens (tertiary/aromatic N) is 2. The standard InChI is InChI=1S/C22H24N4O6S/c1-14(27)23-16-5-7-17(8-6-16)24-21(28)15-4-3-11-26(13-15)33(30,31)18-9-10-19-20(12-18)32-22(29)25(19)2/h5-10,12,15H,3-4,11,13H2,1-2H3,(H,23,27)(H,24,28)/t15-/m1/s1. The first-order valence-electron chi connectivity index (χ1n) is 10.4. The zero-order valence-corrected chi connectivity index (χ0v) is 19.0. The summed E-state index contributed by atoms with van der Waals surface area (Å²) in [7, 11) is -2.33. The summed E-state index contributed by atoms with van der Waals surface area (Å²) in [5, 5.41) is 5.46. The molecule has 0 unspecified atom stereocenters. The highest BCUT2D eigenvalue weighted by molar-refractivity contribution is 7.89. The van der Waals surface area contributed by atoms with Gasteiger partial charge in [-0.05, 0) is 49.2 Å². The average Bonchev–Trinajstić information content (AvgIpc) is 3.07. The Balaban J connectivity index is 1.47. The number of anilines is 2. The number of nitrogens with one attached hydrogen (secondary N) is 2. The molecule has 2 heterocycles. The fourth-order valence-corrected chi connectivity index (χ4v) is 5.42. The molecular weight excluding hydrogens is 448 g/mol. The maximum Gasteiger partial charge on any atom is 0.419 e. The smallest absolute Gasteiger partial charge is 0.408 e. The molecule has 2 amide bonds. The van der Waals surface area contributed by atoms with Gasteiger partial charge in [0.2, 0.25) is 21.8 Å². The molecule has 0 spiro atoms. The molecule has 1 aliphatic heterocycles. The molecule has 174 valence electrons. The summed E-state index contributed by atoms with van der Waals surface area (Å²) in [4.78, 5) is 35.6. The van der Waals surface area contributed by atoms with E-state index in [0.29, 0.717) is 36.3 Å². The third-order valence-electron chi connectivity index (χ3n) is 5.63. The fraction of sp³-hybridized carbons (Fsp3) is 0.318. The Morgan fingerprint density at radius 1 is 1.06 bits per heavy atom. The zero-order valence-electron chi connectivity index (χ0n) is 18.2. The number of sulfonamides is 1. The monoisotopic (exact) mass is 472 g/mol. The molecule has 0 radical (unpaired) electrons. The van der Waals surface area contributed by atoms with Gasteiger partial charge >= 0.3 is 5.76 Å². The Kier molecular flexibility index (Phi) is 6.09. The van der Waals surface area contributed by atoms with Crippen molar-refractivity contribution in [3.8, 4) is 0 Å². The summed E-state index contributed by atoms with van der Waals surface area (Å²) in [6.07, 6.45) is 1.11. The second-order valence-electron chi connectivity index (χ2n) is 8.01. The maximum absolute atomic E-state index is 13.2. The van der Waals surface area contributed by atoms with E-state index in [-0.39, 0.29) is 28.8 Å². The van der Waals surface area contributed by atoms with E-state index < -0.39 is 21.7 Å². The summed E-state index contributed by atoms with van der Waals surface area (Å²) in [6.45, 7) is 1.76. The van der Waals surface area contributed by atoms with Crippen molar-refractivity contribution in [1.82, 2.24) is 8.87 Å². The topological polar surface area (TPSA) is 131 Å². The Hall–Kier alpha value is -3.44.